The van der Waals surface area contributed by atoms with Crippen LogP contribution in [0.5, 0.6) is 0 Å². The average Bonchev–Trinajstić information content (AvgIpc) is 2.83. The number of thioether (sulfide) groups is 1. The minimum absolute atomic E-state index is 0.0676. The molecule has 1 heterocycles. The summed E-state index contributed by atoms with van der Waals surface area (Å²) in [7, 11) is 0. The highest BCUT2D eigenvalue weighted by Crippen LogP contribution is 2.32. The molecule has 0 unspecified atom stereocenters. The lowest BCUT2D eigenvalue weighted by molar-refractivity contribution is -0.125. The second-order valence-corrected chi connectivity index (χ2v) is 8.51. The van der Waals surface area contributed by atoms with Gasteiger partial charge >= 0.3 is 5.97 Å². The fraction of sp³-hybridized carbons (Fsp3) is 0.550. The van der Waals surface area contributed by atoms with E-state index < -0.39 is 5.97 Å². The van der Waals surface area contributed by atoms with E-state index in [1.54, 1.807) is 30.0 Å². The molecule has 6 nitrogen and oxygen atoms in total. The molecule has 27 heavy (non-hydrogen) atoms. The van der Waals surface area contributed by atoms with Crippen molar-refractivity contribution in [2.24, 2.45) is 11.8 Å². The summed E-state index contributed by atoms with van der Waals surface area (Å²) < 4.78 is 5.17. The van der Waals surface area contributed by atoms with E-state index in [1.807, 2.05) is 0 Å². The lowest BCUT2D eigenvalue weighted by Crippen LogP contribution is -2.45. The lowest BCUT2D eigenvalue weighted by atomic mass is 9.78. The lowest BCUT2D eigenvalue weighted by Gasteiger charge is -2.34. The van der Waals surface area contributed by atoms with Crippen LogP contribution in [0.4, 0.5) is 5.69 Å². The zero-order valence-electron chi connectivity index (χ0n) is 15.7. The number of rotatable bonds is 4. The van der Waals surface area contributed by atoms with Crippen molar-refractivity contribution >= 4 is 35.2 Å². The first-order valence-electron chi connectivity index (χ1n) is 9.47. The van der Waals surface area contributed by atoms with Gasteiger partial charge in [0, 0.05) is 23.1 Å². The Balaban J connectivity index is 1.54. The van der Waals surface area contributed by atoms with Gasteiger partial charge in [0.2, 0.25) is 5.91 Å². The van der Waals surface area contributed by atoms with Gasteiger partial charge < -0.3 is 15.4 Å². The van der Waals surface area contributed by atoms with Crippen molar-refractivity contribution in [3.8, 4) is 0 Å². The summed E-state index contributed by atoms with van der Waals surface area (Å²) in [5.74, 6) is 0.806. The molecule has 3 atom stereocenters. The van der Waals surface area contributed by atoms with Crippen LogP contribution in [0.2, 0.25) is 0 Å². The third-order valence-corrected chi connectivity index (χ3v) is 6.54. The zero-order valence-corrected chi connectivity index (χ0v) is 16.6. The molecule has 2 N–H and O–H groups in total. The smallest absolute Gasteiger partial charge is 0.338 e. The fourth-order valence-corrected chi connectivity index (χ4v) is 4.53. The van der Waals surface area contributed by atoms with Gasteiger partial charge in [-0.3, -0.25) is 9.59 Å². The highest BCUT2D eigenvalue weighted by atomic mass is 32.2. The Morgan fingerprint density at radius 2 is 2.11 bits per heavy atom. The molecule has 1 aliphatic heterocycles. The number of carbonyl (C=O) groups is 3. The zero-order chi connectivity index (χ0) is 19.4. The number of ether oxygens (including phenoxy) is 1. The Morgan fingerprint density at radius 3 is 2.93 bits per heavy atom. The maximum Gasteiger partial charge on any atom is 0.338 e. The van der Waals surface area contributed by atoms with Crippen molar-refractivity contribution in [1.29, 1.82) is 0 Å². The summed E-state index contributed by atoms with van der Waals surface area (Å²) >= 11 is 1.57. The third-order valence-electron chi connectivity index (χ3n) is 5.46. The summed E-state index contributed by atoms with van der Waals surface area (Å²) in [6.45, 7) is 4.07. The van der Waals surface area contributed by atoms with Crippen molar-refractivity contribution in [1.82, 2.24) is 5.32 Å². The van der Waals surface area contributed by atoms with Gasteiger partial charge in [0.05, 0.1) is 11.3 Å². The first-order valence-corrected chi connectivity index (χ1v) is 10.5. The molecular formula is C20H26N2O4S. The van der Waals surface area contributed by atoms with Crippen molar-refractivity contribution in [3.05, 3.63) is 23.8 Å². The first-order chi connectivity index (χ1) is 12.9. The van der Waals surface area contributed by atoms with Gasteiger partial charge in [0.1, 0.15) is 0 Å². The Morgan fingerprint density at radius 1 is 1.30 bits per heavy atom. The summed E-state index contributed by atoms with van der Waals surface area (Å²) in [5, 5.41) is 5.79. The second-order valence-electron chi connectivity index (χ2n) is 7.38. The van der Waals surface area contributed by atoms with Crippen LogP contribution < -0.4 is 10.6 Å². The number of fused-ring (bicyclic) bond motifs is 1. The molecule has 3 rings (SSSR count). The summed E-state index contributed by atoms with van der Waals surface area (Å²) in [6, 6.07) is 5.21. The number of benzene rings is 1. The molecule has 146 valence electrons. The van der Waals surface area contributed by atoms with E-state index in [0.717, 1.165) is 17.7 Å². The number of nitrogens with one attached hydrogen (secondary N) is 2. The van der Waals surface area contributed by atoms with Crippen molar-refractivity contribution in [2.75, 3.05) is 17.7 Å². The van der Waals surface area contributed by atoms with Gasteiger partial charge in [-0.05, 0) is 36.5 Å². The predicted molar refractivity (Wildman–Crippen MR) is 105 cm³/mol. The molecule has 0 bridgehead atoms. The van der Waals surface area contributed by atoms with Crippen LogP contribution in [-0.2, 0) is 14.3 Å². The maximum atomic E-state index is 12.3. The molecule has 7 heteroatoms. The molecule has 0 spiro atoms. The van der Waals surface area contributed by atoms with Crippen LogP contribution in [0.3, 0.4) is 0 Å². The number of hydrogen-bond donors (Lipinski definition) is 2. The van der Waals surface area contributed by atoms with E-state index in [-0.39, 0.29) is 24.5 Å². The number of amides is 2. The molecule has 1 saturated carbocycles. The Hall–Kier alpha value is -2.02. The van der Waals surface area contributed by atoms with Gasteiger partial charge in [0.25, 0.3) is 5.91 Å². The van der Waals surface area contributed by atoms with Gasteiger partial charge in [-0.2, -0.15) is 0 Å². The van der Waals surface area contributed by atoms with Crippen LogP contribution in [-0.4, -0.2) is 36.2 Å². The largest absolute Gasteiger partial charge is 0.452 e. The predicted octanol–water partition coefficient (Wildman–Crippen LogP) is 3.22. The Bertz CT molecular complexity index is 737. The molecule has 2 amide bonds. The van der Waals surface area contributed by atoms with E-state index in [2.05, 4.69) is 24.5 Å². The van der Waals surface area contributed by atoms with E-state index >= 15 is 0 Å². The Kier molecular flexibility index (Phi) is 6.42. The van der Waals surface area contributed by atoms with Gasteiger partial charge in [-0.25, -0.2) is 4.79 Å². The highest BCUT2D eigenvalue weighted by Gasteiger charge is 2.28. The minimum Gasteiger partial charge on any atom is -0.452 e. The summed E-state index contributed by atoms with van der Waals surface area (Å²) in [5.41, 5.74) is 0.940. The maximum absolute atomic E-state index is 12.3. The average molecular weight is 391 g/mol. The molecule has 1 aliphatic carbocycles. The van der Waals surface area contributed by atoms with Gasteiger partial charge in [0.15, 0.2) is 6.61 Å². The summed E-state index contributed by atoms with van der Waals surface area (Å²) in [6.07, 6.45) is 3.70. The van der Waals surface area contributed by atoms with Crippen molar-refractivity contribution in [2.45, 2.75) is 50.5 Å². The van der Waals surface area contributed by atoms with Gasteiger partial charge in [-0.1, -0.05) is 26.7 Å². The molecule has 1 aromatic carbocycles. The molecule has 1 fully saturated rings. The summed E-state index contributed by atoms with van der Waals surface area (Å²) in [4.78, 5) is 37.1. The fourth-order valence-electron chi connectivity index (χ4n) is 3.60. The van der Waals surface area contributed by atoms with Crippen LogP contribution in [0.1, 0.15) is 49.9 Å². The number of carbonyl (C=O) groups excluding carboxylic acids is 3. The number of anilines is 1. The molecular weight excluding hydrogens is 364 g/mol. The molecule has 0 radical (unpaired) electrons. The Labute approximate surface area is 163 Å². The standard InChI is InChI=1S/C20H26N2O4S/c1-12-4-3-5-15(13(12)2)21-19(24)11-26-20(25)14-6-7-17-16(10-14)22-18(23)8-9-27-17/h6-7,10,12-13,15H,3-5,8-9,11H2,1-2H3,(H,21,24)(H,22,23)/t12-,13+,15+/m0/s1. The van der Waals surface area contributed by atoms with Crippen molar-refractivity contribution in [3.63, 3.8) is 0 Å². The van der Waals surface area contributed by atoms with Crippen molar-refractivity contribution < 1.29 is 19.1 Å². The normalized spacial score (nSPS) is 25.0. The van der Waals surface area contributed by atoms with E-state index in [4.69, 9.17) is 4.74 Å². The van der Waals surface area contributed by atoms with Gasteiger partial charge in [-0.15, -0.1) is 11.8 Å². The van der Waals surface area contributed by atoms with E-state index in [1.165, 1.54) is 6.42 Å². The quantitative estimate of drug-likeness (QED) is 0.771. The highest BCUT2D eigenvalue weighted by molar-refractivity contribution is 7.99. The van der Waals surface area contributed by atoms with Crippen LogP contribution >= 0.6 is 11.8 Å². The molecule has 2 aliphatic rings. The van der Waals surface area contributed by atoms with E-state index in [9.17, 15) is 14.4 Å². The minimum atomic E-state index is -0.568. The first kappa shape index (κ1) is 19.7. The second kappa shape index (κ2) is 8.78. The monoisotopic (exact) mass is 390 g/mol. The number of hydrogen-bond acceptors (Lipinski definition) is 5. The number of esters is 1. The van der Waals surface area contributed by atoms with Crippen LogP contribution in [0, 0.1) is 11.8 Å². The topological polar surface area (TPSA) is 84.5 Å². The molecule has 0 aromatic heterocycles. The third kappa shape index (κ3) is 5.03. The SMILES string of the molecule is C[C@@H]1[C@@H](C)CCC[C@H]1NC(=O)COC(=O)c1ccc2c(c1)NC(=O)CCS2. The van der Waals surface area contributed by atoms with Crippen LogP contribution in [0.25, 0.3) is 0 Å². The van der Waals surface area contributed by atoms with Crippen LogP contribution in [0.15, 0.2) is 23.1 Å². The molecule has 0 saturated heterocycles. The molecule has 1 aromatic rings. The van der Waals surface area contributed by atoms with E-state index in [0.29, 0.717) is 35.3 Å².